The van der Waals surface area contributed by atoms with E-state index < -0.39 is 6.04 Å². The van der Waals surface area contributed by atoms with E-state index in [1.54, 1.807) is 17.9 Å². The van der Waals surface area contributed by atoms with Crippen LogP contribution in [0.2, 0.25) is 0 Å². The fourth-order valence-corrected chi connectivity index (χ4v) is 4.03. The fraction of sp³-hybridized carbons (Fsp3) is 0.320. The number of carbonyl (C=O) groups excluding carboxylic acids is 1. The van der Waals surface area contributed by atoms with Crippen LogP contribution in [0.4, 0.5) is 5.69 Å². The first-order chi connectivity index (χ1) is 15.0. The molecule has 31 heavy (non-hydrogen) atoms. The van der Waals surface area contributed by atoms with Crippen molar-refractivity contribution in [1.29, 1.82) is 0 Å². The van der Waals surface area contributed by atoms with Crippen LogP contribution in [0.25, 0.3) is 11.3 Å². The molecule has 0 saturated heterocycles. The third-order valence-electron chi connectivity index (χ3n) is 5.63. The molecule has 0 saturated carbocycles. The van der Waals surface area contributed by atoms with Crippen LogP contribution in [0.3, 0.4) is 0 Å². The highest BCUT2D eigenvalue weighted by Gasteiger charge is 2.28. The second kappa shape index (κ2) is 8.76. The van der Waals surface area contributed by atoms with E-state index in [9.17, 15) is 9.59 Å². The average Bonchev–Trinajstić information content (AvgIpc) is 2.78. The number of hydrogen-bond acceptors (Lipinski definition) is 4. The van der Waals surface area contributed by atoms with Gasteiger partial charge in [-0.25, -0.2) is 4.68 Å². The molecular formula is C25H27N3O3. The molecule has 4 rings (SSSR count). The molecule has 0 spiro atoms. The van der Waals surface area contributed by atoms with E-state index in [1.807, 2.05) is 43.3 Å². The Labute approximate surface area is 182 Å². The highest BCUT2D eigenvalue weighted by Crippen LogP contribution is 2.30. The topological polar surface area (TPSA) is 64.4 Å². The van der Waals surface area contributed by atoms with Gasteiger partial charge in [-0.2, -0.15) is 5.10 Å². The van der Waals surface area contributed by atoms with Crippen LogP contribution in [0.5, 0.6) is 5.75 Å². The summed E-state index contributed by atoms with van der Waals surface area (Å²) >= 11 is 0. The summed E-state index contributed by atoms with van der Waals surface area (Å²) in [5.41, 5.74) is 4.49. The quantitative estimate of drug-likeness (QED) is 0.625. The summed E-state index contributed by atoms with van der Waals surface area (Å²) in [6.07, 6.45) is 1.87. The first-order valence-electron chi connectivity index (χ1n) is 10.7. The standard InChI is InChI=1S/C25H27N3O3/c1-4-31-21-10-8-19(9-11-21)22-12-14-24(29)28(26-22)18(3)25(30)27-15-5-6-20-16-17(2)7-13-23(20)27/h7-14,16,18H,4-6,15H2,1-3H3. The molecule has 1 atom stereocenters. The van der Waals surface area contributed by atoms with Crippen molar-refractivity contribution in [2.45, 2.75) is 39.7 Å². The van der Waals surface area contributed by atoms with Gasteiger partial charge < -0.3 is 9.64 Å². The van der Waals surface area contributed by atoms with Crippen LogP contribution in [0.1, 0.15) is 37.4 Å². The normalized spacial score (nSPS) is 14.1. The number of fused-ring (bicyclic) bond motifs is 1. The van der Waals surface area contributed by atoms with Gasteiger partial charge in [-0.3, -0.25) is 9.59 Å². The monoisotopic (exact) mass is 417 g/mol. The number of ether oxygens (including phenoxy) is 1. The zero-order chi connectivity index (χ0) is 22.0. The van der Waals surface area contributed by atoms with Gasteiger partial charge in [0.25, 0.3) is 11.5 Å². The summed E-state index contributed by atoms with van der Waals surface area (Å²) in [6.45, 7) is 6.97. The first-order valence-corrected chi connectivity index (χ1v) is 10.7. The van der Waals surface area contributed by atoms with Crippen LogP contribution in [0.15, 0.2) is 59.4 Å². The molecule has 1 unspecified atom stereocenters. The average molecular weight is 418 g/mol. The van der Waals surface area contributed by atoms with E-state index in [2.05, 4.69) is 18.1 Å². The van der Waals surface area contributed by atoms with Gasteiger partial charge in [-0.05, 0) is 75.6 Å². The molecule has 0 fully saturated rings. The Morgan fingerprint density at radius 3 is 2.65 bits per heavy atom. The van der Waals surface area contributed by atoms with E-state index >= 15 is 0 Å². The molecule has 0 aliphatic carbocycles. The molecule has 2 aromatic carbocycles. The summed E-state index contributed by atoms with van der Waals surface area (Å²) in [5, 5.41) is 4.52. The van der Waals surface area contributed by atoms with Gasteiger partial charge in [0.15, 0.2) is 0 Å². The van der Waals surface area contributed by atoms with Crippen molar-refractivity contribution in [3.8, 4) is 17.0 Å². The number of benzene rings is 2. The smallest absolute Gasteiger partial charge is 0.267 e. The second-order valence-electron chi connectivity index (χ2n) is 7.86. The largest absolute Gasteiger partial charge is 0.494 e. The molecule has 1 aliphatic rings. The number of rotatable bonds is 5. The van der Waals surface area contributed by atoms with Crippen LogP contribution < -0.4 is 15.2 Å². The van der Waals surface area contributed by atoms with E-state index in [0.717, 1.165) is 29.8 Å². The number of nitrogens with zero attached hydrogens (tertiary/aromatic N) is 3. The van der Waals surface area contributed by atoms with Crippen molar-refractivity contribution >= 4 is 11.6 Å². The lowest BCUT2D eigenvalue weighted by molar-refractivity contribution is -0.121. The van der Waals surface area contributed by atoms with Gasteiger partial charge in [0, 0.05) is 23.9 Å². The van der Waals surface area contributed by atoms with Crippen LogP contribution in [0, 0.1) is 6.92 Å². The van der Waals surface area contributed by atoms with Crippen molar-refractivity contribution in [3.63, 3.8) is 0 Å². The van der Waals surface area contributed by atoms with Gasteiger partial charge in [0.1, 0.15) is 11.8 Å². The number of hydrogen-bond donors (Lipinski definition) is 0. The predicted octanol–water partition coefficient (Wildman–Crippen LogP) is 4.16. The number of carbonyl (C=O) groups is 1. The summed E-state index contributed by atoms with van der Waals surface area (Å²) in [6, 6.07) is 16.1. The Kier molecular flexibility index (Phi) is 5.89. The van der Waals surface area contributed by atoms with Gasteiger partial charge in [-0.15, -0.1) is 0 Å². The third-order valence-corrected chi connectivity index (χ3v) is 5.63. The van der Waals surface area contributed by atoms with Crippen LogP contribution in [-0.4, -0.2) is 28.8 Å². The number of aryl methyl sites for hydroxylation is 2. The highest BCUT2D eigenvalue weighted by molar-refractivity contribution is 5.97. The zero-order valence-corrected chi connectivity index (χ0v) is 18.2. The lowest BCUT2D eigenvalue weighted by atomic mass is 9.99. The summed E-state index contributed by atoms with van der Waals surface area (Å²) in [5.74, 6) is 0.658. The van der Waals surface area contributed by atoms with E-state index in [0.29, 0.717) is 18.8 Å². The second-order valence-corrected chi connectivity index (χ2v) is 7.86. The highest BCUT2D eigenvalue weighted by atomic mass is 16.5. The molecule has 0 N–H and O–H groups in total. The van der Waals surface area contributed by atoms with Crippen molar-refractivity contribution in [2.75, 3.05) is 18.1 Å². The van der Waals surface area contributed by atoms with Crippen LogP contribution >= 0.6 is 0 Å². The summed E-state index contributed by atoms with van der Waals surface area (Å²) < 4.78 is 6.77. The van der Waals surface area contributed by atoms with Crippen molar-refractivity contribution in [2.24, 2.45) is 0 Å². The molecular weight excluding hydrogens is 390 g/mol. The lowest BCUT2D eigenvalue weighted by Gasteiger charge is -2.32. The summed E-state index contributed by atoms with van der Waals surface area (Å²) in [4.78, 5) is 27.7. The Balaban J connectivity index is 1.63. The maximum Gasteiger partial charge on any atom is 0.267 e. The fourth-order valence-electron chi connectivity index (χ4n) is 4.03. The molecule has 0 bridgehead atoms. The Bertz CT molecular complexity index is 1150. The minimum Gasteiger partial charge on any atom is -0.494 e. The number of anilines is 1. The lowest BCUT2D eigenvalue weighted by Crippen LogP contribution is -2.42. The summed E-state index contributed by atoms with van der Waals surface area (Å²) in [7, 11) is 0. The predicted molar refractivity (Wildman–Crippen MR) is 122 cm³/mol. The SMILES string of the molecule is CCOc1ccc(-c2ccc(=O)n(C(C)C(=O)N3CCCc4cc(C)ccc43)n2)cc1. The Morgan fingerprint density at radius 1 is 1.13 bits per heavy atom. The van der Waals surface area contributed by atoms with E-state index in [4.69, 9.17) is 4.74 Å². The van der Waals surface area contributed by atoms with Crippen molar-refractivity contribution < 1.29 is 9.53 Å². The Morgan fingerprint density at radius 2 is 1.90 bits per heavy atom. The van der Waals surface area contributed by atoms with Gasteiger partial charge in [0.2, 0.25) is 0 Å². The van der Waals surface area contributed by atoms with Crippen molar-refractivity contribution in [3.05, 3.63) is 76.1 Å². The Hall–Kier alpha value is -3.41. The minimum atomic E-state index is -0.706. The molecule has 0 radical (unpaired) electrons. The molecule has 2 heterocycles. The van der Waals surface area contributed by atoms with Crippen molar-refractivity contribution in [1.82, 2.24) is 9.78 Å². The molecule has 1 aliphatic heterocycles. The maximum absolute atomic E-state index is 13.4. The van der Waals surface area contributed by atoms with E-state index in [1.165, 1.54) is 21.9 Å². The molecule has 160 valence electrons. The minimum absolute atomic E-state index is 0.122. The van der Waals surface area contributed by atoms with Crippen LogP contribution in [-0.2, 0) is 11.2 Å². The molecule has 6 heteroatoms. The zero-order valence-electron chi connectivity index (χ0n) is 18.2. The maximum atomic E-state index is 13.4. The van der Waals surface area contributed by atoms with E-state index in [-0.39, 0.29) is 11.5 Å². The molecule has 1 aromatic heterocycles. The van der Waals surface area contributed by atoms with Gasteiger partial charge >= 0.3 is 0 Å². The third kappa shape index (κ3) is 4.24. The van der Waals surface area contributed by atoms with Gasteiger partial charge in [-0.1, -0.05) is 17.7 Å². The number of aromatic nitrogens is 2. The first kappa shape index (κ1) is 20.8. The number of amides is 1. The molecule has 3 aromatic rings. The molecule has 6 nitrogen and oxygen atoms in total. The van der Waals surface area contributed by atoms with Gasteiger partial charge in [0.05, 0.1) is 12.3 Å². The molecule has 1 amide bonds.